The molecule has 0 fully saturated rings. The number of aliphatic carboxylic acids is 2. The fourth-order valence-electron chi connectivity index (χ4n) is 3.28. The fourth-order valence-corrected chi connectivity index (χ4v) is 4.33. The van der Waals surface area contributed by atoms with Crippen LogP contribution in [0.3, 0.4) is 0 Å². The molecule has 2 aromatic carbocycles. The van der Waals surface area contributed by atoms with Crippen LogP contribution >= 0.6 is 8.18 Å². The summed E-state index contributed by atoms with van der Waals surface area (Å²) < 4.78 is 13.2. The van der Waals surface area contributed by atoms with Gasteiger partial charge in [0.05, 0.1) is 0 Å². The molecule has 0 amide bonds. The number of nitrogens with zero attached hydrogens (tertiary/aromatic N) is 1. The van der Waals surface area contributed by atoms with E-state index in [1.54, 1.807) is 0 Å². The van der Waals surface area contributed by atoms with E-state index >= 15 is 0 Å². The van der Waals surface area contributed by atoms with E-state index in [4.69, 9.17) is 5.11 Å². The Kier molecular flexibility index (Phi) is 7.54. The highest BCUT2D eigenvalue weighted by Crippen LogP contribution is 2.40. The Morgan fingerprint density at radius 2 is 1.74 bits per heavy atom. The van der Waals surface area contributed by atoms with E-state index in [1.807, 2.05) is 49.4 Å². The third-order valence-electron chi connectivity index (χ3n) is 4.53. The van der Waals surface area contributed by atoms with Gasteiger partial charge in [-0.05, 0) is 35.2 Å². The van der Waals surface area contributed by atoms with Crippen LogP contribution in [0.25, 0.3) is 10.8 Å². The summed E-state index contributed by atoms with van der Waals surface area (Å²) in [4.78, 5) is 32.6. The van der Waals surface area contributed by atoms with Gasteiger partial charge in [-0.2, -0.15) is 0 Å². The molecule has 8 heteroatoms. The number of carboxylic acids is 2. The third kappa shape index (κ3) is 5.39. The zero-order valence-electron chi connectivity index (χ0n) is 15.0. The zero-order chi connectivity index (χ0) is 20.0. The molecule has 27 heavy (non-hydrogen) atoms. The van der Waals surface area contributed by atoms with Crippen molar-refractivity contribution >= 4 is 30.9 Å². The van der Waals surface area contributed by atoms with Gasteiger partial charge in [0.25, 0.3) is 8.18 Å². The minimum absolute atomic E-state index is 0.241. The lowest BCUT2D eigenvalue weighted by molar-refractivity contribution is -0.143. The number of hydrogen-bond acceptors (Lipinski definition) is 3. The van der Waals surface area contributed by atoms with Crippen molar-refractivity contribution in [2.24, 2.45) is 0 Å². The van der Waals surface area contributed by atoms with Crippen molar-refractivity contribution in [1.29, 1.82) is 0 Å². The topological polar surface area (TPSA) is 115 Å². The Hall–Kier alpha value is -2.21. The molecule has 7 nitrogen and oxygen atoms in total. The van der Waals surface area contributed by atoms with Gasteiger partial charge >= 0.3 is 11.9 Å². The predicted molar refractivity (Wildman–Crippen MR) is 103 cm³/mol. The molecule has 2 rings (SSSR count). The molecule has 0 saturated carbocycles. The summed E-state index contributed by atoms with van der Waals surface area (Å²) >= 11 is 0. The molecule has 0 aliphatic rings. The molecule has 3 atom stereocenters. The predicted octanol–water partition coefficient (Wildman–Crippen LogP) is 3.68. The number of hydrogen-bond donors (Lipinski definition) is 3. The van der Waals surface area contributed by atoms with Crippen LogP contribution in [0.2, 0.25) is 0 Å². The van der Waals surface area contributed by atoms with Gasteiger partial charge in [-0.25, -0.2) is 4.67 Å². The molecule has 146 valence electrons. The lowest BCUT2D eigenvalue weighted by Gasteiger charge is -2.34. The van der Waals surface area contributed by atoms with Gasteiger partial charge in [0.1, 0.15) is 6.04 Å². The minimum atomic E-state index is -3.37. The molecular weight excluding hydrogens is 369 g/mol. The molecular formula is C19H24NO6P. The van der Waals surface area contributed by atoms with E-state index in [0.29, 0.717) is 12.8 Å². The Balaban J connectivity index is 2.47. The van der Waals surface area contributed by atoms with Gasteiger partial charge in [-0.3, -0.25) is 14.2 Å². The standard InChI is InChI=1S/C19H24NO6P/c1-2-5-16(15-9-8-13-6-3-4-7-14(13)12-15)20(27(25)26)17(19(23)24)10-11-18(21)22/h3-4,6-9,12,16-17,27H,2,5,10-11H2,1H3,(H,21,22)(H,23,24)(H,25,26). The highest BCUT2D eigenvalue weighted by molar-refractivity contribution is 7.35. The summed E-state index contributed by atoms with van der Waals surface area (Å²) in [6, 6.07) is 11.4. The summed E-state index contributed by atoms with van der Waals surface area (Å²) in [7, 11) is -3.37. The summed E-state index contributed by atoms with van der Waals surface area (Å²) in [6.07, 6.45) is 0.523. The first kappa shape index (κ1) is 21.1. The smallest absolute Gasteiger partial charge is 0.321 e. The first-order chi connectivity index (χ1) is 12.8. The Morgan fingerprint density at radius 3 is 2.30 bits per heavy atom. The van der Waals surface area contributed by atoms with E-state index in [2.05, 4.69) is 0 Å². The minimum Gasteiger partial charge on any atom is -0.481 e. The summed E-state index contributed by atoms with van der Waals surface area (Å²) in [5, 5.41) is 20.4. The van der Waals surface area contributed by atoms with E-state index in [0.717, 1.165) is 21.0 Å². The Bertz CT molecular complexity index is 840. The van der Waals surface area contributed by atoms with E-state index in [-0.39, 0.29) is 12.8 Å². The number of carboxylic acid groups (broad SMARTS) is 2. The number of benzene rings is 2. The first-order valence-corrected chi connectivity index (χ1v) is 10.1. The average Bonchev–Trinajstić information content (AvgIpc) is 2.62. The van der Waals surface area contributed by atoms with Crippen LogP contribution in [-0.4, -0.2) is 37.8 Å². The van der Waals surface area contributed by atoms with Crippen LogP contribution < -0.4 is 0 Å². The lowest BCUT2D eigenvalue weighted by Crippen LogP contribution is -2.39. The van der Waals surface area contributed by atoms with Crippen molar-refractivity contribution in [1.82, 2.24) is 4.67 Å². The third-order valence-corrected chi connectivity index (χ3v) is 5.59. The normalized spacial score (nSPS) is 14.8. The zero-order valence-corrected chi connectivity index (χ0v) is 16.0. The maximum Gasteiger partial charge on any atom is 0.321 e. The van der Waals surface area contributed by atoms with Gasteiger partial charge in [-0.1, -0.05) is 49.7 Å². The highest BCUT2D eigenvalue weighted by atomic mass is 31.1. The maximum atomic E-state index is 12.1. The van der Waals surface area contributed by atoms with E-state index in [9.17, 15) is 24.2 Å². The van der Waals surface area contributed by atoms with Crippen molar-refractivity contribution in [2.45, 2.75) is 44.7 Å². The SMILES string of the molecule is CCCC(c1ccc2ccccc2c1)N(C(CCC(=O)O)C(=O)O)[PH](=O)O. The Labute approximate surface area is 158 Å². The van der Waals surface area contributed by atoms with E-state index < -0.39 is 32.2 Å². The van der Waals surface area contributed by atoms with Crippen LogP contribution in [0, 0.1) is 0 Å². The second-order valence-corrected chi connectivity index (χ2v) is 7.47. The van der Waals surface area contributed by atoms with Crippen molar-refractivity contribution in [3.8, 4) is 0 Å². The van der Waals surface area contributed by atoms with Crippen molar-refractivity contribution in [3.05, 3.63) is 48.0 Å². The Morgan fingerprint density at radius 1 is 1.07 bits per heavy atom. The van der Waals surface area contributed by atoms with Crippen LogP contribution in [-0.2, 0) is 14.2 Å². The molecule has 3 N–H and O–H groups in total. The van der Waals surface area contributed by atoms with Crippen LogP contribution in [0.15, 0.2) is 42.5 Å². The molecule has 0 heterocycles. The van der Waals surface area contributed by atoms with E-state index in [1.165, 1.54) is 0 Å². The number of fused-ring (bicyclic) bond motifs is 1. The molecule has 0 aliphatic heterocycles. The van der Waals surface area contributed by atoms with Gasteiger partial charge in [0.2, 0.25) is 0 Å². The highest BCUT2D eigenvalue weighted by Gasteiger charge is 2.35. The van der Waals surface area contributed by atoms with Gasteiger partial charge in [0.15, 0.2) is 0 Å². The molecule has 0 radical (unpaired) electrons. The largest absolute Gasteiger partial charge is 0.481 e. The molecule has 0 aliphatic carbocycles. The number of carbonyl (C=O) groups is 2. The second-order valence-electron chi connectivity index (χ2n) is 6.39. The van der Waals surface area contributed by atoms with Crippen molar-refractivity contribution in [3.63, 3.8) is 0 Å². The monoisotopic (exact) mass is 393 g/mol. The lowest BCUT2D eigenvalue weighted by atomic mass is 9.97. The molecule has 2 aromatic rings. The summed E-state index contributed by atoms with van der Waals surface area (Å²) in [5.74, 6) is -2.44. The summed E-state index contributed by atoms with van der Waals surface area (Å²) in [6.45, 7) is 1.91. The van der Waals surface area contributed by atoms with Crippen molar-refractivity contribution < 1.29 is 29.3 Å². The summed E-state index contributed by atoms with van der Waals surface area (Å²) in [5.41, 5.74) is 0.740. The maximum absolute atomic E-state index is 12.1. The van der Waals surface area contributed by atoms with Gasteiger partial charge < -0.3 is 15.1 Å². The molecule has 3 unspecified atom stereocenters. The van der Waals surface area contributed by atoms with Crippen molar-refractivity contribution in [2.75, 3.05) is 0 Å². The van der Waals surface area contributed by atoms with Crippen LogP contribution in [0.4, 0.5) is 0 Å². The molecule has 0 bridgehead atoms. The number of rotatable bonds is 10. The molecule has 0 spiro atoms. The first-order valence-electron chi connectivity index (χ1n) is 8.79. The van der Waals surface area contributed by atoms with Gasteiger partial charge in [-0.15, -0.1) is 0 Å². The average molecular weight is 393 g/mol. The van der Waals surface area contributed by atoms with Crippen LogP contribution in [0.1, 0.15) is 44.2 Å². The quantitative estimate of drug-likeness (QED) is 0.527. The van der Waals surface area contributed by atoms with Gasteiger partial charge in [0, 0.05) is 12.5 Å². The molecule has 0 aromatic heterocycles. The second kappa shape index (κ2) is 9.65. The molecule has 0 saturated heterocycles. The fraction of sp³-hybridized carbons (Fsp3) is 0.368. The van der Waals surface area contributed by atoms with Crippen LogP contribution in [0.5, 0.6) is 0 Å².